The minimum Gasteiger partial charge on any atom is -0.222 e. The zero-order valence-electron chi connectivity index (χ0n) is 14.8. The van der Waals surface area contributed by atoms with Crippen molar-refractivity contribution in [3.05, 3.63) is 71.3 Å². The monoisotopic (exact) mass is 332 g/mol. The SMILES string of the molecule is Cc1ccn(-c2cc(-n3ccc(C)n3)n(-c3c(C)cccc3C)n2)n1. The van der Waals surface area contributed by atoms with Crippen LogP contribution in [0.15, 0.2) is 48.8 Å². The Labute approximate surface area is 146 Å². The third-order valence-electron chi connectivity index (χ3n) is 4.24. The predicted octanol–water partition coefficient (Wildman–Crippen LogP) is 3.48. The van der Waals surface area contributed by atoms with Gasteiger partial charge in [-0.2, -0.15) is 10.2 Å². The lowest BCUT2D eigenvalue weighted by molar-refractivity contribution is 0.737. The van der Waals surface area contributed by atoms with Crippen LogP contribution >= 0.6 is 0 Å². The van der Waals surface area contributed by atoms with Gasteiger partial charge in [-0.1, -0.05) is 18.2 Å². The van der Waals surface area contributed by atoms with Crippen LogP contribution in [0.4, 0.5) is 0 Å². The lowest BCUT2D eigenvalue weighted by Gasteiger charge is -2.12. The molecule has 0 atom stereocenters. The number of hydrogen-bond donors (Lipinski definition) is 0. The Kier molecular flexibility index (Phi) is 3.53. The lowest BCUT2D eigenvalue weighted by Crippen LogP contribution is -2.09. The van der Waals surface area contributed by atoms with E-state index in [9.17, 15) is 0 Å². The van der Waals surface area contributed by atoms with E-state index in [-0.39, 0.29) is 0 Å². The van der Waals surface area contributed by atoms with E-state index in [0.717, 1.165) is 39.8 Å². The zero-order chi connectivity index (χ0) is 17.6. The number of para-hydroxylation sites is 1. The van der Waals surface area contributed by atoms with E-state index in [1.807, 2.05) is 53.8 Å². The van der Waals surface area contributed by atoms with Crippen LogP contribution in [0.3, 0.4) is 0 Å². The van der Waals surface area contributed by atoms with Gasteiger partial charge in [0.25, 0.3) is 0 Å². The Morgan fingerprint density at radius 2 is 1.32 bits per heavy atom. The fraction of sp³-hybridized carbons (Fsp3) is 0.211. The van der Waals surface area contributed by atoms with E-state index in [1.54, 1.807) is 4.68 Å². The summed E-state index contributed by atoms with van der Waals surface area (Å²) in [4.78, 5) is 0. The second-order valence-electron chi connectivity index (χ2n) is 6.32. The van der Waals surface area contributed by atoms with E-state index in [4.69, 9.17) is 5.10 Å². The van der Waals surface area contributed by atoms with Gasteiger partial charge in [0.1, 0.15) is 0 Å². The van der Waals surface area contributed by atoms with Crippen molar-refractivity contribution in [1.29, 1.82) is 0 Å². The van der Waals surface area contributed by atoms with E-state index in [0.29, 0.717) is 0 Å². The number of benzene rings is 1. The summed E-state index contributed by atoms with van der Waals surface area (Å²) in [6.07, 6.45) is 3.87. The molecule has 0 unspecified atom stereocenters. The average Bonchev–Trinajstić information content (AvgIpc) is 3.27. The van der Waals surface area contributed by atoms with Crippen molar-refractivity contribution in [2.75, 3.05) is 0 Å². The first kappa shape index (κ1) is 15.4. The highest BCUT2D eigenvalue weighted by atomic mass is 15.5. The molecule has 6 nitrogen and oxygen atoms in total. The molecule has 0 fully saturated rings. The first-order chi connectivity index (χ1) is 12.0. The molecule has 4 rings (SSSR count). The molecule has 3 heterocycles. The second-order valence-corrected chi connectivity index (χ2v) is 6.32. The standard InChI is InChI=1S/C19H20N6/c1-13-6-5-7-14(2)19(13)25-18(24-11-9-16(4)21-24)12-17(22-25)23-10-8-15(3)20-23/h5-12H,1-4H3. The highest BCUT2D eigenvalue weighted by molar-refractivity contribution is 5.51. The minimum absolute atomic E-state index is 0.763. The van der Waals surface area contributed by atoms with E-state index in [1.165, 1.54) is 0 Å². The molecule has 126 valence electrons. The van der Waals surface area contributed by atoms with Gasteiger partial charge < -0.3 is 0 Å². The van der Waals surface area contributed by atoms with Crippen molar-refractivity contribution >= 4 is 0 Å². The Morgan fingerprint density at radius 3 is 1.88 bits per heavy atom. The summed E-state index contributed by atoms with van der Waals surface area (Å²) < 4.78 is 5.59. The summed E-state index contributed by atoms with van der Waals surface area (Å²) in [5.41, 5.74) is 5.32. The number of rotatable bonds is 3. The molecule has 0 spiro atoms. The van der Waals surface area contributed by atoms with Crippen LogP contribution in [0, 0.1) is 27.7 Å². The van der Waals surface area contributed by atoms with Gasteiger partial charge in [0.15, 0.2) is 11.6 Å². The topological polar surface area (TPSA) is 53.5 Å². The van der Waals surface area contributed by atoms with Gasteiger partial charge >= 0.3 is 0 Å². The molecule has 0 bridgehead atoms. The number of aryl methyl sites for hydroxylation is 4. The Morgan fingerprint density at radius 1 is 0.720 bits per heavy atom. The van der Waals surface area contributed by atoms with Gasteiger partial charge in [-0.25, -0.2) is 14.0 Å². The third-order valence-corrected chi connectivity index (χ3v) is 4.24. The summed E-state index contributed by atoms with van der Waals surface area (Å²) in [5.74, 6) is 1.65. The smallest absolute Gasteiger partial charge is 0.177 e. The average molecular weight is 332 g/mol. The summed E-state index contributed by atoms with van der Waals surface area (Å²) in [7, 11) is 0. The normalized spacial score (nSPS) is 11.2. The van der Waals surface area contributed by atoms with E-state index >= 15 is 0 Å². The van der Waals surface area contributed by atoms with Crippen LogP contribution in [0.25, 0.3) is 17.3 Å². The molecule has 0 saturated heterocycles. The molecular weight excluding hydrogens is 312 g/mol. The fourth-order valence-corrected chi connectivity index (χ4v) is 3.02. The number of hydrogen-bond acceptors (Lipinski definition) is 3. The van der Waals surface area contributed by atoms with Crippen molar-refractivity contribution in [3.63, 3.8) is 0 Å². The lowest BCUT2D eigenvalue weighted by atomic mass is 10.1. The number of nitrogens with zero attached hydrogens (tertiary/aromatic N) is 6. The summed E-state index contributed by atoms with van der Waals surface area (Å²) >= 11 is 0. The quantitative estimate of drug-likeness (QED) is 0.577. The molecule has 0 aliphatic heterocycles. The maximum atomic E-state index is 4.83. The van der Waals surface area contributed by atoms with Crippen LogP contribution in [-0.2, 0) is 0 Å². The molecule has 0 saturated carbocycles. The third kappa shape index (κ3) is 2.65. The van der Waals surface area contributed by atoms with Gasteiger partial charge in [-0.05, 0) is 51.0 Å². The minimum atomic E-state index is 0.763. The Balaban J connectivity index is 1.97. The van der Waals surface area contributed by atoms with E-state index < -0.39 is 0 Å². The molecule has 4 aromatic rings. The first-order valence-corrected chi connectivity index (χ1v) is 8.25. The molecule has 6 heteroatoms. The number of aromatic nitrogens is 6. The highest BCUT2D eigenvalue weighted by Crippen LogP contribution is 2.24. The van der Waals surface area contributed by atoms with Gasteiger partial charge in [0.2, 0.25) is 0 Å². The van der Waals surface area contributed by atoms with Crippen molar-refractivity contribution in [1.82, 2.24) is 29.3 Å². The Bertz CT molecular complexity index is 1030. The van der Waals surface area contributed by atoms with Crippen LogP contribution in [0.2, 0.25) is 0 Å². The second kappa shape index (κ2) is 5.73. The molecule has 3 aromatic heterocycles. The van der Waals surface area contributed by atoms with Crippen LogP contribution < -0.4 is 0 Å². The zero-order valence-corrected chi connectivity index (χ0v) is 14.8. The van der Waals surface area contributed by atoms with Crippen LogP contribution in [-0.4, -0.2) is 29.3 Å². The summed E-state index contributed by atoms with van der Waals surface area (Å²) in [6.45, 7) is 8.14. The molecule has 1 aromatic carbocycles. The van der Waals surface area contributed by atoms with Crippen molar-refractivity contribution < 1.29 is 0 Å². The van der Waals surface area contributed by atoms with Crippen molar-refractivity contribution in [2.24, 2.45) is 0 Å². The van der Waals surface area contributed by atoms with E-state index in [2.05, 4.69) is 42.2 Å². The van der Waals surface area contributed by atoms with Crippen LogP contribution in [0.1, 0.15) is 22.5 Å². The maximum absolute atomic E-state index is 4.83. The molecule has 0 aliphatic carbocycles. The summed E-state index contributed by atoms with van der Waals surface area (Å²) in [5, 5.41) is 13.9. The first-order valence-electron chi connectivity index (χ1n) is 8.25. The highest BCUT2D eigenvalue weighted by Gasteiger charge is 2.17. The largest absolute Gasteiger partial charge is 0.222 e. The Hall–Kier alpha value is -3.15. The van der Waals surface area contributed by atoms with Gasteiger partial charge in [-0.15, -0.1) is 5.10 Å². The van der Waals surface area contributed by atoms with Crippen molar-refractivity contribution in [2.45, 2.75) is 27.7 Å². The van der Waals surface area contributed by atoms with Crippen molar-refractivity contribution in [3.8, 4) is 17.3 Å². The molecule has 25 heavy (non-hydrogen) atoms. The van der Waals surface area contributed by atoms with Gasteiger partial charge in [-0.3, -0.25) is 0 Å². The molecule has 0 amide bonds. The predicted molar refractivity (Wildman–Crippen MR) is 96.8 cm³/mol. The molecule has 0 aliphatic rings. The molecule has 0 N–H and O–H groups in total. The summed E-state index contributed by atoms with van der Waals surface area (Å²) in [6, 6.07) is 12.2. The molecular formula is C19H20N6. The fourth-order valence-electron chi connectivity index (χ4n) is 3.02. The van der Waals surface area contributed by atoms with Gasteiger partial charge in [0, 0.05) is 18.5 Å². The van der Waals surface area contributed by atoms with Gasteiger partial charge in [0.05, 0.1) is 17.1 Å². The van der Waals surface area contributed by atoms with Crippen LogP contribution in [0.5, 0.6) is 0 Å². The molecule has 0 radical (unpaired) electrons. The maximum Gasteiger partial charge on any atom is 0.177 e.